The molecule has 0 unspecified atom stereocenters. The number of H-pyrrole nitrogens is 1. The van der Waals surface area contributed by atoms with Gasteiger partial charge in [-0.15, -0.1) is 12.4 Å². The first-order valence-corrected chi connectivity index (χ1v) is 3.04. The molecule has 1 aromatic rings. The fourth-order valence-electron chi connectivity index (χ4n) is 0.215. The average molecular weight is 177 g/mol. The van der Waals surface area contributed by atoms with Crippen LogP contribution in [0.2, 0.25) is 0 Å². The number of hydrogen-bond acceptors (Lipinski definition) is 2. The van der Waals surface area contributed by atoms with Crippen LogP contribution < -0.4 is 5.73 Å². The number of aromatic nitrogens is 2. The Balaban J connectivity index is 0. The van der Waals surface area contributed by atoms with Crippen molar-refractivity contribution in [1.82, 2.24) is 10.2 Å². The van der Waals surface area contributed by atoms with Crippen LogP contribution in [0.15, 0.2) is 18.5 Å². The predicted molar refractivity (Wildman–Crippen MR) is 48.0 cm³/mol. The van der Waals surface area contributed by atoms with E-state index in [-0.39, 0.29) is 18.2 Å². The minimum atomic E-state index is 0. The number of hydrogen-bond donors (Lipinski definition) is 3. The number of nitrogens with two attached hydrogens (primary N) is 1. The lowest BCUT2D eigenvalue weighted by Crippen LogP contribution is -2.05. The Morgan fingerprint density at radius 2 is 2.27 bits per heavy atom. The van der Waals surface area contributed by atoms with E-state index >= 15 is 0 Å². The molecule has 1 aromatic heterocycles. The average Bonchev–Trinajstić information content (AvgIpc) is 2.43. The van der Waals surface area contributed by atoms with E-state index < -0.39 is 0 Å². The Morgan fingerprint density at radius 1 is 1.73 bits per heavy atom. The van der Waals surface area contributed by atoms with Gasteiger partial charge in [0.15, 0.2) is 0 Å². The highest BCUT2D eigenvalue weighted by Gasteiger charge is 1.70. The van der Waals surface area contributed by atoms with Crippen molar-refractivity contribution in [2.45, 2.75) is 13.3 Å². The molecule has 0 aromatic carbocycles. The van der Waals surface area contributed by atoms with Crippen molar-refractivity contribution < 1.29 is 0 Å². The molecule has 0 aliphatic carbocycles. The summed E-state index contributed by atoms with van der Waals surface area (Å²) < 4.78 is 0. The summed E-state index contributed by atoms with van der Waals surface area (Å²) in [7, 11) is 0. The van der Waals surface area contributed by atoms with E-state index in [1.165, 1.54) is 0 Å². The van der Waals surface area contributed by atoms with Gasteiger partial charge in [0.25, 0.3) is 0 Å². The van der Waals surface area contributed by atoms with Crippen molar-refractivity contribution in [2.24, 2.45) is 5.73 Å². The molecule has 11 heavy (non-hydrogen) atoms. The zero-order valence-corrected chi connectivity index (χ0v) is 7.19. The van der Waals surface area contributed by atoms with Gasteiger partial charge in [-0.25, -0.2) is 0 Å². The van der Waals surface area contributed by atoms with Gasteiger partial charge in [-0.3, -0.25) is 10.5 Å². The quantitative estimate of drug-likeness (QED) is 0.444. The molecule has 0 spiro atoms. The minimum Gasteiger partial charge on any atom is -0.388 e. The number of nitrogens with one attached hydrogen (secondary N) is 2. The summed E-state index contributed by atoms with van der Waals surface area (Å²) in [5, 5.41) is 12.7. The van der Waals surface area contributed by atoms with E-state index in [9.17, 15) is 0 Å². The fourth-order valence-corrected chi connectivity index (χ4v) is 0.215. The van der Waals surface area contributed by atoms with Crippen LogP contribution in [0.5, 0.6) is 0 Å². The molecule has 0 radical (unpaired) electrons. The standard InChI is InChI=1S/C3H4N2.C3H8N2.ClH/c1-2-4-5-3-1;1-2-3(4)5;/h1-3H,(H,4,5);2H2,1H3,(H3,4,5);1H. The van der Waals surface area contributed by atoms with Gasteiger partial charge in [-0.2, -0.15) is 5.10 Å². The van der Waals surface area contributed by atoms with Crippen LogP contribution in [0.25, 0.3) is 0 Å². The van der Waals surface area contributed by atoms with Gasteiger partial charge in [-0.1, -0.05) is 6.92 Å². The maximum atomic E-state index is 6.52. The van der Waals surface area contributed by atoms with Crippen LogP contribution in [0.3, 0.4) is 0 Å². The topological polar surface area (TPSA) is 78.6 Å². The van der Waals surface area contributed by atoms with Crippen LogP contribution >= 0.6 is 12.4 Å². The molecule has 1 heterocycles. The number of aromatic amines is 1. The molecule has 0 atom stereocenters. The molecule has 4 nitrogen and oxygen atoms in total. The van der Waals surface area contributed by atoms with Gasteiger partial charge >= 0.3 is 0 Å². The third kappa shape index (κ3) is 12.2. The highest BCUT2D eigenvalue weighted by molar-refractivity contribution is 5.85. The normalized spacial score (nSPS) is 7.00. The Bertz CT molecular complexity index is 144. The summed E-state index contributed by atoms with van der Waals surface area (Å²) in [4.78, 5) is 0. The second kappa shape index (κ2) is 8.97. The Hall–Kier alpha value is -1.03. The summed E-state index contributed by atoms with van der Waals surface area (Å²) in [6.07, 6.45) is 4.12. The van der Waals surface area contributed by atoms with E-state index in [1.54, 1.807) is 12.4 Å². The number of halogens is 1. The highest BCUT2D eigenvalue weighted by Crippen LogP contribution is 1.64. The second-order valence-corrected chi connectivity index (χ2v) is 1.65. The first-order chi connectivity index (χ1) is 4.77. The third-order valence-electron chi connectivity index (χ3n) is 0.787. The van der Waals surface area contributed by atoms with E-state index in [0.717, 1.165) is 0 Å². The number of rotatable bonds is 1. The van der Waals surface area contributed by atoms with Crippen LogP contribution in [0.4, 0.5) is 0 Å². The molecule has 64 valence electrons. The number of nitrogens with zero attached hydrogens (tertiary/aromatic N) is 1. The van der Waals surface area contributed by atoms with Crippen molar-refractivity contribution >= 4 is 18.2 Å². The molecule has 5 heteroatoms. The molecular weight excluding hydrogens is 164 g/mol. The van der Waals surface area contributed by atoms with Crippen molar-refractivity contribution in [1.29, 1.82) is 5.41 Å². The highest BCUT2D eigenvalue weighted by atomic mass is 35.5. The van der Waals surface area contributed by atoms with Crippen LogP contribution in [-0.4, -0.2) is 16.0 Å². The smallest absolute Gasteiger partial charge is 0.0902 e. The molecule has 0 amide bonds. The SMILES string of the molecule is CCC(=N)N.Cl.c1cn[nH]c1. The van der Waals surface area contributed by atoms with Gasteiger partial charge in [0.1, 0.15) is 0 Å². The molecule has 0 saturated heterocycles. The summed E-state index contributed by atoms with van der Waals surface area (Å²) in [5.41, 5.74) is 4.88. The van der Waals surface area contributed by atoms with Crippen LogP contribution in [0, 0.1) is 5.41 Å². The van der Waals surface area contributed by atoms with Crippen molar-refractivity contribution in [3.05, 3.63) is 18.5 Å². The monoisotopic (exact) mass is 176 g/mol. The largest absolute Gasteiger partial charge is 0.388 e. The maximum absolute atomic E-state index is 6.52. The summed E-state index contributed by atoms with van der Waals surface area (Å²) in [5.74, 6) is 0.255. The molecule has 0 aliphatic rings. The first-order valence-electron chi connectivity index (χ1n) is 3.04. The second-order valence-electron chi connectivity index (χ2n) is 1.65. The lowest BCUT2D eigenvalue weighted by atomic mass is 10.5. The molecule has 1 rings (SSSR count). The Kier molecular flexibility index (Phi) is 10.3. The maximum Gasteiger partial charge on any atom is 0.0902 e. The van der Waals surface area contributed by atoms with Gasteiger partial charge in [0.05, 0.1) is 5.84 Å². The summed E-state index contributed by atoms with van der Waals surface area (Å²) in [6, 6.07) is 1.83. The third-order valence-corrected chi connectivity index (χ3v) is 0.787. The minimum absolute atomic E-state index is 0. The van der Waals surface area contributed by atoms with Gasteiger partial charge in [0.2, 0.25) is 0 Å². The number of amidine groups is 1. The van der Waals surface area contributed by atoms with Crippen molar-refractivity contribution in [3.63, 3.8) is 0 Å². The summed E-state index contributed by atoms with van der Waals surface area (Å²) in [6.45, 7) is 1.85. The van der Waals surface area contributed by atoms with E-state index in [0.29, 0.717) is 6.42 Å². The zero-order chi connectivity index (χ0) is 7.82. The Labute approximate surface area is 72.1 Å². The fraction of sp³-hybridized carbons (Fsp3) is 0.333. The Morgan fingerprint density at radius 3 is 2.36 bits per heavy atom. The van der Waals surface area contributed by atoms with Crippen molar-refractivity contribution in [2.75, 3.05) is 0 Å². The molecule has 4 N–H and O–H groups in total. The van der Waals surface area contributed by atoms with Crippen molar-refractivity contribution in [3.8, 4) is 0 Å². The molecular formula is C6H13ClN4. The zero-order valence-electron chi connectivity index (χ0n) is 6.37. The summed E-state index contributed by atoms with van der Waals surface area (Å²) >= 11 is 0. The van der Waals surface area contributed by atoms with Gasteiger partial charge in [0, 0.05) is 18.8 Å². The van der Waals surface area contributed by atoms with E-state index in [1.807, 2.05) is 13.0 Å². The molecule has 0 fully saturated rings. The van der Waals surface area contributed by atoms with E-state index in [4.69, 9.17) is 11.1 Å². The lowest BCUT2D eigenvalue weighted by Gasteiger charge is -1.79. The molecule has 0 aliphatic heterocycles. The van der Waals surface area contributed by atoms with Gasteiger partial charge < -0.3 is 5.73 Å². The van der Waals surface area contributed by atoms with E-state index in [2.05, 4.69) is 10.2 Å². The predicted octanol–water partition coefficient (Wildman–Crippen LogP) is 1.16. The molecule has 0 bridgehead atoms. The van der Waals surface area contributed by atoms with Crippen LogP contribution in [-0.2, 0) is 0 Å². The lowest BCUT2D eigenvalue weighted by molar-refractivity contribution is 1.09. The first kappa shape index (κ1) is 12.6. The van der Waals surface area contributed by atoms with Gasteiger partial charge in [-0.05, 0) is 6.07 Å². The molecule has 0 saturated carbocycles. The van der Waals surface area contributed by atoms with Crippen LogP contribution in [0.1, 0.15) is 13.3 Å².